The van der Waals surface area contributed by atoms with Crippen LogP contribution in [0.2, 0.25) is 0 Å². The number of hydrogen-bond donors (Lipinski definition) is 2. The van der Waals surface area contributed by atoms with E-state index in [0.29, 0.717) is 11.3 Å². The zero-order valence-electron chi connectivity index (χ0n) is 6.79. The molecule has 0 aliphatic carbocycles. The van der Waals surface area contributed by atoms with E-state index in [9.17, 15) is 9.50 Å². The summed E-state index contributed by atoms with van der Waals surface area (Å²) >= 11 is 0. The molecule has 0 unspecified atom stereocenters. The van der Waals surface area contributed by atoms with Gasteiger partial charge in [-0.2, -0.15) is 0 Å². The number of aromatic amines is 1. The van der Waals surface area contributed by atoms with Crippen molar-refractivity contribution in [3.63, 3.8) is 0 Å². The molecule has 0 amide bonds. The van der Waals surface area contributed by atoms with Crippen molar-refractivity contribution in [2.45, 2.75) is 0 Å². The number of rotatable bonds is 1. The first-order valence-electron chi connectivity index (χ1n) is 3.89. The molecule has 1 aromatic heterocycles. The third-order valence-corrected chi connectivity index (χ3v) is 1.85. The second-order valence-corrected chi connectivity index (χ2v) is 2.75. The molecule has 2 N–H and O–H groups in total. The second-order valence-electron chi connectivity index (χ2n) is 2.75. The Balaban J connectivity index is 2.57. The standard InChI is InChI=1S/C10H8FNO/c11-7-3-4-10(13)8(6-7)9-2-1-5-12-9/h1-6,12-13H. The van der Waals surface area contributed by atoms with E-state index in [2.05, 4.69) is 4.98 Å². The minimum Gasteiger partial charge on any atom is -0.507 e. The summed E-state index contributed by atoms with van der Waals surface area (Å²) in [6.07, 6.45) is 1.72. The molecule has 0 saturated carbocycles. The quantitative estimate of drug-likeness (QED) is 0.689. The Hall–Kier alpha value is -1.77. The van der Waals surface area contributed by atoms with Gasteiger partial charge in [0.2, 0.25) is 0 Å². The number of H-pyrrole nitrogens is 1. The van der Waals surface area contributed by atoms with Crippen molar-refractivity contribution in [1.29, 1.82) is 0 Å². The fraction of sp³-hybridized carbons (Fsp3) is 0. The van der Waals surface area contributed by atoms with E-state index in [1.807, 2.05) is 0 Å². The number of phenolic OH excluding ortho intramolecular Hbond substituents is 1. The highest BCUT2D eigenvalue weighted by molar-refractivity contribution is 5.66. The third-order valence-electron chi connectivity index (χ3n) is 1.85. The Bertz CT molecular complexity index is 409. The van der Waals surface area contributed by atoms with Gasteiger partial charge in [0, 0.05) is 17.5 Å². The maximum atomic E-state index is 12.8. The lowest BCUT2D eigenvalue weighted by Gasteiger charge is -2.01. The van der Waals surface area contributed by atoms with Crippen molar-refractivity contribution in [2.24, 2.45) is 0 Å². The molecule has 0 bridgehead atoms. The van der Waals surface area contributed by atoms with Crippen LogP contribution in [-0.4, -0.2) is 10.1 Å². The van der Waals surface area contributed by atoms with Crippen LogP contribution in [0, 0.1) is 5.82 Å². The molecule has 1 aromatic carbocycles. The second kappa shape index (κ2) is 2.94. The van der Waals surface area contributed by atoms with Gasteiger partial charge >= 0.3 is 0 Å². The molecule has 66 valence electrons. The molecule has 1 heterocycles. The van der Waals surface area contributed by atoms with E-state index in [1.54, 1.807) is 18.3 Å². The number of halogens is 1. The van der Waals surface area contributed by atoms with Gasteiger partial charge in [0.05, 0.1) is 0 Å². The minimum atomic E-state index is -0.359. The van der Waals surface area contributed by atoms with Gasteiger partial charge in [-0.1, -0.05) is 0 Å². The average Bonchev–Trinajstić information content (AvgIpc) is 2.61. The first kappa shape index (κ1) is 7.86. The van der Waals surface area contributed by atoms with Gasteiger partial charge in [0.1, 0.15) is 11.6 Å². The molecule has 2 nitrogen and oxygen atoms in total. The predicted octanol–water partition coefficient (Wildman–Crippen LogP) is 2.53. The Morgan fingerprint density at radius 3 is 2.77 bits per heavy atom. The van der Waals surface area contributed by atoms with Crippen LogP contribution in [0.1, 0.15) is 0 Å². The van der Waals surface area contributed by atoms with E-state index in [0.717, 1.165) is 0 Å². The summed E-state index contributed by atoms with van der Waals surface area (Å²) in [5.74, 6) is -0.286. The highest BCUT2D eigenvalue weighted by Gasteiger charge is 2.05. The predicted molar refractivity (Wildman–Crippen MR) is 47.9 cm³/mol. The average molecular weight is 177 g/mol. The van der Waals surface area contributed by atoms with Crippen LogP contribution in [0.5, 0.6) is 5.75 Å². The van der Waals surface area contributed by atoms with Crippen LogP contribution in [0.3, 0.4) is 0 Å². The number of aromatic hydroxyl groups is 1. The molecular weight excluding hydrogens is 169 g/mol. The van der Waals surface area contributed by atoms with Gasteiger partial charge in [-0.3, -0.25) is 0 Å². The summed E-state index contributed by atoms with van der Waals surface area (Å²) in [6.45, 7) is 0. The van der Waals surface area contributed by atoms with Crippen LogP contribution >= 0.6 is 0 Å². The van der Waals surface area contributed by atoms with E-state index in [4.69, 9.17) is 0 Å². The van der Waals surface area contributed by atoms with Crippen molar-refractivity contribution in [2.75, 3.05) is 0 Å². The molecular formula is C10H8FNO. The lowest BCUT2D eigenvalue weighted by molar-refractivity contribution is 0.475. The fourth-order valence-corrected chi connectivity index (χ4v) is 1.22. The summed E-state index contributed by atoms with van der Waals surface area (Å²) in [6, 6.07) is 7.42. The van der Waals surface area contributed by atoms with Crippen LogP contribution in [0.25, 0.3) is 11.3 Å². The van der Waals surface area contributed by atoms with Crippen molar-refractivity contribution in [1.82, 2.24) is 4.98 Å². The Morgan fingerprint density at radius 2 is 2.08 bits per heavy atom. The number of phenols is 1. The maximum absolute atomic E-state index is 12.8. The summed E-state index contributed by atoms with van der Waals surface area (Å²) in [4.78, 5) is 2.89. The molecule has 0 spiro atoms. The molecule has 0 aliphatic heterocycles. The van der Waals surface area contributed by atoms with Crippen LogP contribution in [-0.2, 0) is 0 Å². The first-order chi connectivity index (χ1) is 6.27. The topological polar surface area (TPSA) is 36.0 Å². The van der Waals surface area contributed by atoms with Crippen molar-refractivity contribution in [3.8, 4) is 17.0 Å². The van der Waals surface area contributed by atoms with Crippen molar-refractivity contribution in [3.05, 3.63) is 42.3 Å². The third kappa shape index (κ3) is 1.40. The van der Waals surface area contributed by atoms with E-state index < -0.39 is 0 Å². The Morgan fingerprint density at radius 1 is 1.23 bits per heavy atom. The smallest absolute Gasteiger partial charge is 0.125 e. The molecule has 13 heavy (non-hydrogen) atoms. The summed E-state index contributed by atoms with van der Waals surface area (Å²) in [7, 11) is 0. The van der Waals surface area contributed by atoms with Crippen molar-refractivity contribution >= 4 is 0 Å². The van der Waals surface area contributed by atoms with Gasteiger partial charge in [-0.05, 0) is 30.3 Å². The molecule has 0 saturated heterocycles. The number of hydrogen-bond acceptors (Lipinski definition) is 1. The normalized spacial score (nSPS) is 10.2. The molecule has 2 aromatic rings. The minimum absolute atomic E-state index is 0.0730. The van der Waals surface area contributed by atoms with E-state index in [1.165, 1.54) is 18.2 Å². The maximum Gasteiger partial charge on any atom is 0.125 e. The Labute approximate surface area is 74.7 Å². The summed E-state index contributed by atoms with van der Waals surface area (Å²) < 4.78 is 12.8. The molecule has 0 fully saturated rings. The Kier molecular flexibility index (Phi) is 1.77. The molecule has 3 heteroatoms. The zero-order chi connectivity index (χ0) is 9.26. The first-order valence-corrected chi connectivity index (χ1v) is 3.89. The van der Waals surface area contributed by atoms with E-state index in [-0.39, 0.29) is 11.6 Å². The molecule has 0 atom stereocenters. The molecule has 2 rings (SSSR count). The number of aromatic nitrogens is 1. The highest BCUT2D eigenvalue weighted by Crippen LogP contribution is 2.27. The van der Waals surface area contributed by atoms with Crippen molar-refractivity contribution < 1.29 is 9.50 Å². The van der Waals surface area contributed by atoms with Gasteiger partial charge in [0.15, 0.2) is 0 Å². The SMILES string of the molecule is Oc1ccc(F)cc1-c1ccc[nH]1. The van der Waals surface area contributed by atoms with Gasteiger partial charge < -0.3 is 10.1 Å². The largest absolute Gasteiger partial charge is 0.507 e. The van der Waals surface area contributed by atoms with Gasteiger partial charge in [0.25, 0.3) is 0 Å². The lowest BCUT2D eigenvalue weighted by atomic mass is 10.1. The van der Waals surface area contributed by atoms with Crippen LogP contribution < -0.4 is 0 Å². The van der Waals surface area contributed by atoms with E-state index >= 15 is 0 Å². The molecule has 0 aliphatic rings. The highest BCUT2D eigenvalue weighted by atomic mass is 19.1. The van der Waals surface area contributed by atoms with Crippen LogP contribution in [0.4, 0.5) is 4.39 Å². The zero-order valence-corrected chi connectivity index (χ0v) is 6.79. The molecule has 0 radical (unpaired) electrons. The van der Waals surface area contributed by atoms with Gasteiger partial charge in [-0.15, -0.1) is 0 Å². The van der Waals surface area contributed by atoms with Crippen LogP contribution in [0.15, 0.2) is 36.5 Å². The monoisotopic (exact) mass is 177 g/mol. The number of benzene rings is 1. The summed E-state index contributed by atoms with van der Waals surface area (Å²) in [5.41, 5.74) is 1.18. The fourth-order valence-electron chi connectivity index (χ4n) is 1.22. The summed E-state index contributed by atoms with van der Waals surface area (Å²) in [5, 5.41) is 9.42. The number of nitrogens with one attached hydrogen (secondary N) is 1. The lowest BCUT2D eigenvalue weighted by Crippen LogP contribution is -1.80. The van der Waals surface area contributed by atoms with Gasteiger partial charge in [-0.25, -0.2) is 4.39 Å².